The predicted octanol–water partition coefficient (Wildman–Crippen LogP) is 0.182. The molecule has 0 rings (SSSR count). The van der Waals surface area contributed by atoms with Crippen LogP contribution in [0.15, 0.2) is 0 Å². The normalized spacial score (nSPS) is 14.3. The van der Waals surface area contributed by atoms with Gasteiger partial charge in [0.1, 0.15) is 0 Å². The van der Waals surface area contributed by atoms with E-state index in [4.69, 9.17) is 10.5 Å². The van der Waals surface area contributed by atoms with Gasteiger partial charge in [0.25, 0.3) is 0 Å². The summed E-state index contributed by atoms with van der Waals surface area (Å²) in [5, 5.41) is 2.98. The first kappa shape index (κ1) is 13.9. The van der Waals surface area contributed by atoms with Crippen LogP contribution in [0.1, 0.15) is 33.6 Å². The van der Waals surface area contributed by atoms with Crippen molar-refractivity contribution in [3.63, 3.8) is 0 Å². The molecule has 0 spiro atoms. The molecule has 0 aromatic heterocycles. The topological polar surface area (TPSA) is 81.4 Å². The van der Waals surface area contributed by atoms with Gasteiger partial charge in [-0.1, -0.05) is 6.92 Å². The van der Waals surface area contributed by atoms with E-state index in [-0.39, 0.29) is 12.5 Å². The van der Waals surface area contributed by atoms with Crippen molar-refractivity contribution in [2.24, 2.45) is 5.73 Å². The van der Waals surface area contributed by atoms with Gasteiger partial charge in [0, 0.05) is 6.04 Å². The number of ether oxygens (including phenoxy) is 1. The third kappa shape index (κ3) is 6.06. The van der Waals surface area contributed by atoms with Gasteiger partial charge in [-0.05, 0) is 20.3 Å². The fourth-order valence-corrected chi connectivity index (χ4v) is 1.09. The van der Waals surface area contributed by atoms with Gasteiger partial charge >= 0.3 is 5.97 Å². The maximum atomic E-state index is 11.2. The number of primary amides is 1. The van der Waals surface area contributed by atoms with Gasteiger partial charge in [-0.15, -0.1) is 0 Å². The van der Waals surface area contributed by atoms with Crippen LogP contribution < -0.4 is 11.1 Å². The Morgan fingerprint density at radius 3 is 2.40 bits per heavy atom. The molecule has 0 aliphatic carbocycles. The molecule has 5 nitrogen and oxygen atoms in total. The maximum absolute atomic E-state index is 11.2. The Balaban J connectivity index is 4.16. The second-order valence-corrected chi connectivity index (χ2v) is 3.44. The van der Waals surface area contributed by atoms with E-state index in [2.05, 4.69) is 5.32 Å². The van der Waals surface area contributed by atoms with Crippen LogP contribution in [0.4, 0.5) is 0 Å². The zero-order valence-corrected chi connectivity index (χ0v) is 9.58. The summed E-state index contributed by atoms with van der Waals surface area (Å²) >= 11 is 0. The van der Waals surface area contributed by atoms with E-state index < -0.39 is 17.9 Å². The van der Waals surface area contributed by atoms with Crippen molar-refractivity contribution in [3.8, 4) is 0 Å². The zero-order valence-electron chi connectivity index (χ0n) is 9.58. The van der Waals surface area contributed by atoms with Crippen molar-refractivity contribution in [2.75, 3.05) is 6.61 Å². The van der Waals surface area contributed by atoms with Gasteiger partial charge in [0.15, 0.2) is 0 Å². The summed E-state index contributed by atoms with van der Waals surface area (Å²) in [5.41, 5.74) is 5.17. The second kappa shape index (κ2) is 7.23. The second-order valence-electron chi connectivity index (χ2n) is 3.44. The first-order valence-electron chi connectivity index (χ1n) is 5.22. The third-order valence-electron chi connectivity index (χ3n) is 2.12. The molecule has 1 amide bonds. The minimum absolute atomic E-state index is 0.00644. The monoisotopic (exact) mass is 216 g/mol. The molecule has 0 heterocycles. The molecule has 0 aromatic rings. The smallest absolute Gasteiger partial charge is 0.307 e. The molecular formula is C10H20N2O3. The summed E-state index contributed by atoms with van der Waals surface area (Å²) in [7, 11) is 0. The summed E-state index contributed by atoms with van der Waals surface area (Å²) in [6.07, 6.45) is 0.861. The first-order chi connectivity index (χ1) is 7.01. The number of rotatable bonds is 7. The standard InChI is InChI=1S/C10H20N2O3/c1-4-7(3)12-8(10(11)14)6-9(13)15-5-2/h7-8,12H,4-6H2,1-3H3,(H2,11,14). The van der Waals surface area contributed by atoms with Crippen LogP contribution in [0, 0.1) is 0 Å². The summed E-state index contributed by atoms with van der Waals surface area (Å²) in [4.78, 5) is 22.2. The number of nitrogens with one attached hydrogen (secondary N) is 1. The van der Waals surface area contributed by atoms with Gasteiger partial charge in [-0.2, -0.15) is 0 Å². The molecule has 0 aromatic carbocycles. The zero-order chi connectivity index (χ0) is 11.8. The number of nitrogens with two attached hydrogens (primary N) is 1. The Bertz CT molecular complexity index is 219. The van der Waals surface area contributed by atoms with Gasteiger partial charge < -0.3 is 15.8 Å². The number of esters is 1. The van der Waals surface area contributed by atoms with Crippen LogP contribution in [0.3, 0.4) is 0 Å². The lowest BCUT2D eigenvalue weighted by Gasteiger charge is -2.18. The van der Waals surface area contributed by atoms with E-state index in [0.29, 0.717) is 6.61 Å². The fraction of sp³-hybridized carbons (Fsp3) is 0.800. The Labute approximate surface area is 90.4 Å². The van der Waals surface area contributed by atoms with E-state index in [1.165, 1.54) is 0 Å². The number of amides is 1. The lowest BCUT2D eigenvalue weighted by Crippen LogP contribution is -2.46. The average Bonchev–Trinajstić information content (AvgIpc) is 2.16. The number of hydrogen-bond acceptors (Lipinski definition) is 4. The van der Waals surface area contributed by atoms with Gasteiger partial charge in [0.05, 0.1) is 19.1 Å². The van der Waals surface area contributed by atoms with Crippen LogP contribution >= 0.6 is 0 Å². The minimum atomic E-state index is -0.640. The summed E-state index contributed by atoms with van der Waals surface area (Å²) in [6.45, 7) is 5.95. The van der Waals surface area contributed by atoms with Crippen molar-refractivity contribution in [1.82, 2.24) is 5.32 Å². The molecule has 0 aliphatic heterocycles. The molecule has 88 valence electrons. The largest absolute Gasteiger partial charge is 0.466 e. The Morgan fingerprint density at radius 2 is 2.00 bits per heavy atom. The van der Waals surface area contributed by atoms with Gasteiger partial charge in [-0.25, -0.2) is 0 Å². The molecule has 0 bridgehead atoms. The molecule has 15 heavy (non-hydrogen) atoms. The minimum Gasteiger partial charge on any atom is -0.466 e. The predicted molar refractivity (Wildman–Crippen MR) is 57.1 cm³/mol. The number of hydrogen-bond donors (Lipinski definition) is 2. The highest BCUT2D eigenvalue weighted by Crippen LogP contribution is 1.98. The highest BCUT2D eigenvalue weighted by molar-refractivity contribution is 5.85. The van der Waals surface area contributed by atoms with Crippen LogP contribution in [-0.4, -0.2) is 30.6 Å². The lowest BCUT2D eigenvalue weighted by molar-refractivity contribution is -0.145. The molecule has 0 saturated carbocycles. The average molecular weight is 216 g/mol. The van der Waals surface area contributed by atoms with Crippen LogP contribution in [0.2, 0.25) is 0 Å². The molecule has 0 aliphatic rings. The lowest BCUT2D eigenvalue weighted by atomic mass is 10.1. The van der Waals surface area contributed by atoms with Gasteiger partial charge in [0.2, 0.25) is 5.91 Å². The molecule has 3 N–H and O–H groups in total. The quantitative estimate of drug-likeness (QED) is 0.595. The van der Waals surface area contributed by atoms with Crippen molar-refractivity contribution in [3.05, 3.63) is 0 Å². The Kier molecular flexibility index (Phi) is 6.70. The Morgan fingerprint density at radius 1 is 1.40 bits per heavy atom. The highest BCUT2D eigenvalue weighted by atomic mass is 16.5. The molecule has 5 heteroatoms. The summed E-state index contributed by atoms with van der Waals surface area (Å²) in [5.74, 6) is -0.930. The van der Waals surface area contributed by atoms with E-state index in [1.807, 2.05) is 13.8 Å². The van der Waals surface area contributed by atoms with Crippen LogP contribution in [0.5, 0.6) is 0 Å². The highest BCUT2D eigenvalue weighted by Gasteiger charge is 2.21. The van der Waals surface area contributed by atoms with E-state index in [0.717, 1.165) is 6.42 Å². The number of carbonyl (C=O) groups excluding carboxylic acids is 2. The van der Waals surface area contributed by atoms with Gasteiger partial charge in [-0.3, -0.25) is 9.59 Å². The fourth-order valence-electron chi connectivity index (χ4n) is 1.09. The maximum Gasteiger partial charge on any atom is 0.307 e. The van der Waals surface area contributed by atoms with E-state index >= 15 is 0 Å². The van der Waals surface area contributed by atoms with Crippen LogP contribution in [0.25, 0.3) is 0 Å². The van der Waals surface area contributed by atoms with E-state index in [1.54, 1.807) is 6.92 Å². The first-order valence-corrected chi connectivity index (χ1v) is 5.22. The SMILES string of the molecule is CCOC(=O)CC(NC(C)CC)C(N)=O. The van der Waals surface area contributed by atoms with Crippen molar-refractivity contribution in [2.45, 2.75) is 45.7 Å². The van der Waals surface area contributed by atoms with Crippen LogP contribution in [-0.2, 0) is 14.3 Å². The van der Waals surface area contributed by atoms with Crippen molar-refractivity contribution >= 4 is 11.9 Å². The molecule has 2 atom stereocenters. The van der Waals surface area contributed by atoms with Crippen molar-refractivity contribution < 1.29 is 14.3 Å². The number of carbonyl (C=O) groups is 2. The molecule has 0 radical (unpaired) electrons. The molecule has 0 fully saturated rings. The summed E-state index contributed by atoms with van der Waals surface area (Å²) in [6, 6.07) is -0.490. The molecular weight excluding hydrogens is 196 g/mol. The Hall–Kier alpha value is -1.10. The third-order valence-corrected chi connectivity index (χ3v) is 2.12. The summed E-state index contributed by atoms with van der Waals surface area (Å²) < 4.78 is 4.75. The molecule has 0 saturated heterocycles. The molecule has 2 unspecified atom stereocenters. The van der Waals surface area contributed by atoms with Crippen molar-refractivity contribution in [1.29, 1.82) is 0 Å². The van der Waals surface area contributed by atoms with E-state index in [9.17, 15) is 9.59 Å².